The van der Waals surface area contributed by atoms with Gasteiger partial charge in [0.25, 0.3) is 0 Å². The van der Waals surface area contributed by atoms with Crippen molar-refractivity contribution in [3.05, 3.63) is 5.82 Å². The van der Waals surface area contributed by atoms with E-state index in [0.717, 1.165) is 35.2 Å². The molecule has 4 nitrogen and oxygen atoms in total. The van der Waals surface area contributed by atoms with Crippen LogP contribution < -0.4 is 5.32 Å². The monoisotopic (exact) mass is 275 g/mol. The second-order valence-corrected chi connectivity index (χ2v) is 6.34. The fourth-order valence-corrected chi connectivity index (χ4v) is 3.05. The van der Waals surface area contributed by atoms with E-state index in [2.05, 4.69) is 21.6 Å². The number of likely N-dealkylation sites (N-methyl/N-ethyl adjacent to an activating group) is 1. The van der Waals surface area contributed by atoms with E-state index in [4.69, 9.17) is 0 Å². The minimum absolute atomic E-state index is 0.156. The van der Waals surface area contributed by atoms with Gasteiger partial charge in [-0.1, -0.05) is 18.7 Å². The summed E-state index contributed by atoms with van der Waals surface area (Å²) in [6.45, 7) is 4.28. The highest BCUT2D eigenvalue weighted by atomic mass is 32.2. The summed E-state index contributed by atoms with van der Waals surface area (Å²) in [5.41, 5.74) is -0.156. The van der Waals surface area contributed by atoms with Crippen molar-refractivity contribution in [2.45, 2.75) is 43.0 Å². The number of hydrogen-bond acceptors (Lipinski definition) is 6. The normalized spacial score (nSPS) is 14.8. The van der Waals surface area contributed by atoms with E-state index < -0.39 is 0 Å². The molecule has 2 N–H and O–H groups in total. The molecule has 0 aliphatic rings. The third-order valence-corrected chi connectivity index (χ3v) is 4.77. The molecular formula is C11H21N3OS2. The Bertz CT molecular complexity index is 326. The summed E-state index contributed by atoms with van der Waals surface area (Å²) in [5, 5.41) is 12.4. The molecule has 1 unspecified atom stereocenters. The van der Waals surface area contributed by atoms with Gasteiger partial charge >= 0.3 is 0 Å². The number of aliphatic hydroxyl groups excluding tert-OH is 1. The summed E-state index contributed by atoms with van der Waals surface area (Å²) in [6.07, 6.45) is 2.93. The highest BCUT2D eigenvalue weighted by Gasteiger charge is 2.19. The summed E-state index contributed by atoms with van der Waals surface area (Å²) in [4.78, 5) is 4.41. The van der Waals surface area contributed by atoms with E-state index in [9.17, 15) is 5.11 Å². The van der Waals surface area contributed by atoms with Crippen molar-refractivity contribution in [2.75, 3.05) is 19.4 Å². The molecule has 0 fully saturated rings. The Morgan fingerprint density at radius 3 is 2.82 bits per heavy atom. The summed E-state index contributed by atoms with van der Waals surface area (Å²) >= 11 is 3.23. The molecule has 0 saturated carbocycles. The summed E-state index contributed by atoms with van der Waals surface area (Å²) in [5.74, 6) is 1.96. The van der Waals surface area contributed by atoms with Crippen molar-refractivity contribution in [3.63, 3.8) is 0 Å². The Balaban J connectivity index is 2.24. The predicted octanol–water partition coefficient (Wildman–Crippen LogP) is 1.94. The molecular weight excluding hydrogens is 254 g/mol. The zero-order valence-electron chi connectivity index (χ0n) is 10.7. The highest BCUT2D eigenvalue weighted by molar-refractivity contribution is 8.00. The van der Waals surface area contributed by atoms with Crippen LogP contribution in [0.3, 0.4) is 0 Å². The molecule has 0 aliphatic heterocycles. The van der Waals surface area contributed by atoms with E-state index in [1.807, 2.05) is 14.0 Å². The number of nitrogens with one attached hydrogen (secondary N) is 1. The number of aliphatic hydroxyl groups is 1. The van der Waals surface area contributed by atoms with Crippen molar-refractivity contribution >= 4 is 23.3 Å². The topological polar surface area (TPSA) is 58.0 Å². The van der Waals surface area contributed by atoms with Gasteiger partial charge in [-0.15, -0.1) is 0 Å². The fourth-order valence-electron chi connectivity index (χ4n) is 1.35. The number of aromatic nitrogens is 2. The van der Waals surface area contributed by atoms with Crippen LogP contribution in [0.5, 0.6) is 0 Å². The SMILES string of the molecule is CCc1nsc(SCCCC(C)(CO)NC)n1. The lowest BCUT2D eigenvalue weighted by Crippen LogP contribution is -2.43. The number of rotatable bonds is 8. The molecule has 0 aromatic carbocycles. The first-order valence-corrected chi connectivity index (χ1v) is 7.64. The third kappa shape index (κ3) is 4.91. The smallest absolute Gasteiger partial charge is 0.170 e. The van der Waals surface area contributed by atoms with Crippen LogP contribution in [0.1, 0.15) is 32.5 Å². The lowest BCUT2D eigenvalue weighted by atomic mass is 9.98. The van der Waals surface area contributed by atoms with Gasteiger partial charge in [0.2, 0.25) is 0 Å². The van der Waals surface area contributed by atoms with Crippen LogP contribution in [0, 0.1) is 0 Å². The molecule has 1 heterocycles. The Labute approximate surface area is 111 Å². The van der Waals surface area contributed by atoms with Crippen LogP contribution in [0.25, 0.3) is 0 Å². The van der Waals surface area contributed by atoms with Gasteiger partial charge in [0.1, 0.15) is 5.82 Å². The first-order chi connectivity index (χ1) is 8.13. The molecule has 0 bridgehead atoms. The molecule has 0 aliphatic carbocycles. The summed E-state index contributed by atoms with van der Waals surface area (Å²) in [7, 11) is 1.89. The van der Waals surface area contributed by atoms with Gasteiger partial charge in [-0.05, 0) is 38.3 Å². The zero-order valence-corrected chi connectivity index (χ0v) is 12.3. The maximum absolute atomic E-state index is 9.25. The van der Waals surface area contributed by atoms with Crippen LogP contribution >= 0.6 is 23.3 Å². The van der Waals surface area contributed by atoms with Crippen molar-refractivity contribution in [2.24, 2.45) is 0 Å². The second-order valence-electron chi connectivity index (χ2n) is 4.25. The van der Waals surface area contributed by atoms with Crippen molar-refractivity contribution < 1.29 is 5.11 Å². The second kappa shape index (κ2) is 7.31. The van der Waals surface area contributed by atoms with E-state index >= 15 is 0 Å². The molecule has 0 radical (unpaired) electrons. The van der Waals surface area contributed by atoms with Gasteiger partial charge in [-0.3, -0.25) is 0 Å². The Kier molecular flexibility index (Phi) is 6.40. The standard InChI is InChI=1S/C11H21N3OS2/c1-4-9-13-10(17-14-9)16-7-5-6-11(2,8-15)12-3/h12,15H,4-8H2,1-3H3. The van der Waals surface area contributed by atoms with Gasteiger partial charge in [-0.25, -0.2) is 4.98 Å². The largest absolute Gasteiger partial charge is 0.394 e. The number of hydrogen-bond donors (Lipinski definition) is 2. The van der Waals surface area contributed by atoms with Gasteiger partial charge < -0.3 is 10.4 Å². The molecule has 0 amide bonds. The van der Waals surface area contributed by atoms with E-state index in [-0.39, 0.29) is 12.1 Å². The van der Waals surface area contributed by atoms with E-state index in [1.54, 1.807) is 11.8 Å². The maximum Gasteiger partial charge on any atom is 0.170 e. The molecule has 6 heteroatoms. The summed E-state index contributed by atoms with van der Waals surface area (Å²) in [6, 6.07) is 0. The van der Waals surface area contributed by atoms with Crippen LogP contribution in [-0.4, -0.2) is 39.4 Å². The van der Waals surface area contributed by atoms with Gasteiger partial charge in [0.05, 0.1) is 6.61 Å². The third-order valence-electron chi connectivity index (χ3n) is 2.82. The van der Waals surface area contributed by atoms with E-state index in [0.29, 0.717) is 0 Å². The molecule has 0 saturated heterocycles. The lowest BCUT2D eigenvalue weighted by molar-refractivity contribution is 0.173. The minimum Gasteiger partial charge on any atom is -0.394 e. The van der Waals surface area contributed by atoms with Crippen LogP contribution in [0.4, 0.5) is 0 Å². The van der Waals surface area contributed by atoms with Gasteiger partial charge in [0.15, 0.2) is 4.34 Å². The van der Waals surface area contributed by atoms with Crippen molar-refractivity contribution in [1.29, 1.82) is 0 Å². The van der Waals surface area contributed by atoms with Crippen molar-refractivity contribution in [1.82, 2.24) is 14.7 Å². The Hall–Kier alpha value is -0.170. The van der Waals surface area contributed by atoms with E-state index in [1.165, 1.54) is 11.5 Å². The average molecular weight is 275 g/mol. The maximum atomic E-state index is 9.25. The van der Waals surface area contributed by atoms with Crippen LogP contribution in [0.15, 0.2) is 4.34 Å². The molecule has 17 heavy (non-hydrogen) atoms. The number of thioether (sulfide) groups is 1. The Morgan fingerprint density at radius 1 is 1.53 bits per heavy atom. The number of aryl methyl sites for hydroxylation is 1. The highest BCUT2D eigenvalue weighted by Crippen LogP contribution is 2.23. The van der Waals surface area contributed by atoms with Gasteiger partial charge in [0, 0.05) is 17.7 Å². The minimum atomic E-state index is -0.156. The van der Waals surface area contributed by atoms with Crippen LogP contribution in [0.2, 0.25) is 0 Å². The molecule has 0 spiro atoms. The van der Waals surface area contributed by atoms with Crippen molar-refractivity contribution in [3.8, 4) is 0 Å². The average Bonchev–Trinajstić information content (AvgIpc) is 2.82. The molecule has 98 valence electrons. The molecule has 1 aromatic heterocycles. The fraction of sp³-hybridized carbons (Fsp3) is 0.818. The summed E-state index contributed by atoms with van der Waals surface area (Å²) < 4.78 is 5.30. The Morgan fingerprint density at radius 2 is 2.29 bits per heavy atom. The van der Waals surface area contributed by atoms with Crippen LogP contribution in [-0.2, 0) is 6.42 Å². The first-order valence-electron chi connectivity index (χ1n) is 5.88. The quantitative estimate of drug-likeness (QED) is 0.561. The molecule has 1 rings (SSSR count). The molecule has 1 aromatic rings. The lowest BCUT2D eigenvalue weighted by Gasteiger charge is -2.26. The first kappa shape index (κ1) is 14.9. The predicted molar refractivity (Wildman–Crippen MR) is 73.8 cm³/mol. The molecule has 1 atom stereocenters. The zero-order chi connectivity index (χ0) is 12.7. The number of nitrogens with zero attached hydrogens (tertiary/aromatic N) is 2. The van der Waals surface area contributed by atoms with Gasteiger partial charge in [-0.2, -0.15) is 4.37 Å².